The molecule has 102 valence electrons. The van der Waals surface area contributed by atoms with Crippen molar-refractivity contribution in [3.8, 4) is 0 Å². The van der Waals surface area contributed by atoms with Gasteiger partial charge in [0.15, 0.2) is 5.82 Å². The van der Waals surface area contributed by atoms with Gasteiger partial charge in [0.1, 0.15) is 18.2 Å². The van der Waals surface area contributed by atoms with Gasteiger partial charge in [0, 0.05) is 24.5 Å². The Morgan fingerprint density at radius 1 is 1.44 bits per heavy atom. The molecular formula is C11H21N5OS. The number of hydrazine groups is 1. The van der Waals surface area contributed by atoms with Crippen molar-refractivity contribution in [2.75, 3.05) is 30.1 Å². The van der Waals surface area contributed by atoms with Crippen molar-refractivity contribution in [3.05, 3.63) is 11.9 Å². The quantitative estimate of drug-likeness (QED) is 0.487. The van der Waals surface area contributed by atoms with Crippen molar-refractivity contribution >= 4 is 23.4 Å². The number of thioether (sulfide) groups is 1. The highest BCUT2D eigenvalue weighted by molar-refractivity contribution is 7.99. The summed E-state index contributed by atoms with van der Waals surface area (Å²) in [4.78, 5) is 8.59. The van der Waals surface area contributed by atoms with Gasteiger partial charge in [-0.2, -0.15) is 11.8 Å². The SMILES string of the molecule is CCOCc1nc(NN)cc(NCC(C)SC)n1. The summed E-state index contributed by atoms with van der Waals surface area (Å²) in [7, 11) is 0. The maximum Gasteiger partial charge on any atom is 0.158 e. The van der Waals surface area contributed by atoms with Crippen molar-refractivity contribution in [1.29, 1.82) is 0 Å². The molecule has 0 aromatic carbocycles. The van der Waals surface area contributed by atoms with Gasteiger partial charge in [-0.25, -0.2) is 15.8 Å². The lowest BCUT2D eigenvalue weighted by molar-refractivity contribution is 0.128. The Balaban J connectivity index is 2.70. The fourth-order valence-corrected chi connectivity index (χ4v) is 1.50. The summed E-state index contributed by atoms with van der Waals surface area (Å²) in [5.74, 6) is 7.34. The maximum absolute atomic E-state index is 5.39. The topological polar surface area (TPSA) is 85.1 Å². The number of ether oxygens (including phenoxy) is 1. The average molecular weight is 271 g/mol. The van der Waals surface area contributed by atoms with Crippen molar-refractivity contribution in [1.82, 2.24) is 9.97 Å². The van der Waals surface area contributed by atoms with Crippen molar-refractivity contribution in [3.63, 3.8) is 0 Å². The van der Waals surface area contributed by atoms with Crippen LogP contribution in [0.4, 0.5) is 11.6 Å². The van der Waals surface area contributed by atoms with Crippen LogP contribution in [0.1, 0.15) is 19.7 Å². The van der Waals surface area contributed by atoms with Crippen LogP contribution in [-0.2, 0) is 11.3 Å². The molecule has 0 radical (unpaired) electrons. The minimum Gasteiger partial charge on any atom is -0.374 e. The maximum atomic E-state index is 5.39. The van der Waals surface area contributed by atoms with E-state index < -0.39 is 0 Å². The number of hydrogen-bond donors (Lipinski definition) is 3. The molecule has 1 atom stereocenters. The lowest BCUT2D eigenvalue weighted by atomic mass is 10.4. The molecule has 0 bridgehead atoms. The van der Waals surface area contributed by atoms with Gasteiger partial charge in [0.2, 0.25) is 0 Å². The van der Waals surface area contributed by atoms with Gasteiger partial charge in [0.05, 0.1) is 0 Å². The number of hydrogen-bond acceptors (Lipinski definition) is 7. The fraction of sp³-hybridized carbons (Fsp3) is 0.636. The summed E-state index contributed by atoms with van der Waals surface area (Å²) in [6, 6.07) is 1.78. The van der Waals surface area contributed by atoms with E-state index >= 15 is 0 Å². The number of nitrogen functional groups attached to an aromatic ring is 1. The van der Waals surface area contributed by atoms with E-state index in [-0.39, 0.29) is 0 Å². The first kappa shape index (κ1) is 15.0. The molecule has 18 heavy (non-hydrogen) atoms. The van der Waals surface area contributed by atoms with Crippen LogP contribution >= 0.6 is 11.8 Å². The first-order valence-electron chi connectivity index (χ1n) is 5.88. The second-order valence-electron chi connectivity index (χ2n) is 3.76. The zero-order valence-corrected chi connectivity index (χ0v) is 11.9. The molecule has 1 unspecified atom stereocenters. The van der Waals surface area contributed by atoms with Crippen LogP contribution in [-0.4, -0.2) is 34.6 Å². The second-order valence-corrected chi connectivity index (χ2v) is 5.04. The van der Waals surface area contributed by atoms with Crippen LogP contribution in [0.25, 0.3) is 0 Å². The van der Waals surface area contributed by atoms with Crippen LogP contribution in [0.15, 0.2) is 6.07 Å². The summed E-state index contributed by atoms with van der Waals surface area (Å²) in [5, 5.41) is 3.78. The fourth-order valence-electron chi connectivity index (χ4n) is 1.25. The number of anilines is 2. The number of nitrogens with one attached hydrogen (secondary N) is 2. The Morgan fingerprint density at radius 2 is 2.17 bits per heavy atom. The Labute approximate surface area is 112 Å². The van der Waals surface area contributed by atoms with Gasteiger partial charge in [-0.1, -0.05) is 6.92 Å². The molecule has 0 fully saturated rings. The predicted octanol–water partition coefficient (Wildman–Crippen LogP) is 1.46. The highest BCUT2D eigenvalue weighted by atomic mass is 32.2. The van der Waals surface area contributed by atoms with E-state index in [0.29, 0.717) is 30.1 Å². The third-order valence-electron chi connectivity index (χ3n) is 2.33. The number of rotatable bonds is 8. The molecular weight excluding hydrogens is 250 g/mol. The van der Waals surface area contributed by atoms with Crippen LogP contribution < -0.4 is 16.6 Å². The van der Waals surface area contributed by atoms with E-state index in [1.165, 1.54) is 0 Å². The van der Waals surface area contributed by atoms with Crippen molar-refractivity contribution < 1.29 is 4.74 Å². The van der Waals surface area contributed by atoms with E-state index in [9.17, 15) is 0 Å². The lowest BCUT2D eigenvalue weighted by Gasteiger charge is -2.12. The lowest BCUT2D eigenvalue weighted by Crippen LogP contribution is -2.16. The van der Waals surface area contributed by atoms with Crippen molar-refractivity contribution in [2.45, 2.75) is 25.7 Å². The average Bonchev–Trinajstić information content (AvgIpc) is 2.42. The monoisotopic (exact) mass is 271 g/mol. The van der Waals surface area contributed by atoms with Gasteiger partial charge in [-0.05, 0) is 13.2 Å². The normalized spacial score (nSPS) is 12.2. The molecule has 1 aromatic rings. The van der Waals surface area contributed by atoms with E-state index in [0.717, 1.165) is 12.4 Å². The Bertz CT molecular complexity index is 363. The summed E-state index contributed by atoms with van der Waals surface area (Å²) < 4.78 is 5.30. The summed E-state index contributed by atoms with van der Waals surface area (Å²) in [6.07, 6.45) is 2.08. The summed E-state index contributed by atoms with van der Waals surface area (Å²) in [5.41, 5.74) is 2.53. The first-order chi connectivity index (χ1) is 8.69. The van der Waals surface area contributed by atoms with Gasteiger partial charge in [-0.15, -0.1) is 0 Å². The molecule has 0 aliphatic heterocycles. The zero-order chi connectivity index (χ0) is 13.4. The first-order valence-corrected chi connectivity index (χ1v) is 7.17. The minimum atomic E-state index is 0.388. The summed E-state index contributed by atoms with van der Waals surface area (Å²) in [6.45, 7) is 5.96. The molecule has 0 spiro atoms. The van der Waals surface area contributed by atoms with Gasteiger partial charge in [0.25, 0.3) is 0 Å². The summed E-state index contributed by atoms with van der Waals surface area (Å²) >= 11 is 1.80. The number of nitrogens with two attached hydrogens (primary N) is 1. The van der Waals surface area contributed by atoms with Gasteiger partial charge >= 0.3 is 0 Å². The molecule has 1 heterocycles. The predicted molar refractivity (Wildman–Crippen MR) is 76.6 cm³/mol. The molecule has 0 saturated heterocycles. The van der Waals surface area contributed by atoms with Crippen molar-refractivity contribution in [2.24, 2.45) is 5.84 Å². The largest absolute Gasteiger partial charge is 0.374 e. The molecule has 7 heteroatoms. The van der Waals surface area contributed by atoms with Crippen LogP contribution in [0.3, 0.4) is 0 Å². The van der Waals surface area contributed by atoms with Gasteiger partial charge in [-0.3, -0.25) is 0 Å². The molecule has 1 aromatic heterocycles. The molecule has 0 aliphatic carbocycles. The third-order valence-corrected chi connectivity index (χ3v) is 3.30. The standard InChI is InChI=1S/C11H21N5OS/c1-4-17-7-11-14-9(5-10(15-11)16-12)13-6-8(2)18-3/h5,8H,4,6-7,12H2,1-3H3,(H2,13,14,15,16). The van der Waals surface area contributed by atoms with E-state index in [4.69, 9.17) is 10.6 Å². The minimum absolute atomic E-state index is 0.388. The molecule has 0 aliphatic rings. The Kier molecular flexibility index (Phi) is 6.77. The Morgan fingerprint density at radius 3 is 2.78 bits per heavy atom. The van der Waals surface area contributed by atoms with E-state index in [2.05, 4.69) is 33.9 Å². The van der Waals surface area contributed by atoms with Crippen LogP contribution in [0.2, 0.25) is 0 Å². The molecule has 0 saturated carbocycles. The van der Waals surface area contributed by atoms with Crippen LogP contribution in [0.5, 0.6) is 0 Å². The Hall–Kier alpha value is -1.05. The van der Waals surface area contributed by atoms with Gasteiger partial charge < -0.3 is 15.5 Å². The molecule has 6 nitrogen and oxygen atoms in total. The molecule has 4 N–H and O–H groups in total. The number of nitrogens with zero attached hydrogens (tertiary/aromatic N) is 2. The molecule has 0 amide bonds. The molecule has 1 rings (SSSR count). The van der Waals surface area contributed by atoms with E-state index in [1.807, 2.05) is 6.92 Å². The van der Waals surface area contributed by atoms with Crippen LogP contribution in [0, 0.1) is 0 Å². The number of aromatic nitrogens is 2. The highest BCUT2D eigenvalue weighted by Gasteiger charge is 2.05. The smallest absolute Gasteiger partial charge is 0.158 e. The van der Waals surface area contributed by atoms with E-state index in [1.54, 1.807) is 17.8 Å². The third kappa shape index (κ3) is 5.07. The second kappa shape index (κ2) is 8.12. The zero-order valence-electron chi connectivity index (χ0n) is 11.1. The highest BCUT2D eigenvalue weighted by Crippen LogP contribution is 2.13.